The van der Waals surface area contributed by atoms with Crippen LogP contribution < -0.4 is 5.32 Å². The molecule has 94 valence electrons. The van der Waals surface area contributed by atoms with E-state index in [1.54, 1.807) is 18.3 Å². The molecule has 3 nitrogen and oxygen atoms in total. The van der Waals surface area contributed by atoms with E-state index in [4.69, 9.17) is 0 Å². The number of unbranched alkanes of at least 4 members (excludes halogenated alkanes) is 2. The van der Waals surface area contributed by atoms with Gasteiger partial charge in [-0.2, -0.15) is 0 Å². The molecule has 0 bridgehead atoms. The third kappa shape index (κ3) is 4.86. The van der Waals surface area contributed by atoms with Gasteiger partial charge in [0.15, 0.2) is 0 Å². The lowest BCUT2D eigenvalue weighted by atomic mass is 10.1. The molecule has 0 radical (unpaired) electrons. The largest absolute Gasteiger partial charge is 0.350 e. The minimum atomic E-state index is -0.0611. The van der Waals surface area contributed by atoms with E-state index in [9.17, 15) is 4.79 Å². The number of nitrogens with zero attached hydrogens (tertiary/aromatic N) is 1. The summed E-state index contributed by atoms with van der Waals surface area (Å²) in [7, 11) is 0. The number of pyridine rings is 1. The molecule has 0 aliphatic heterocycles. The average Bonchev–Trinajstić information content (AvgIpc) is 2.29. The van der Waals surface area contributed by atoms with Gasteiger partial charge in [-0.15, -0.1) is 0 Å². The predicted octanol–water partition coefficient (Wildman–Crippen LogP) is 3.54. The van der Waals surface area contributed by atoms with Crippen LogP contribution in [0, 0.1) is 0 Å². The number of nitrogens with one attached hydrogen (secondary N) is 1. The highest BCUT2D eigenvalue weighted by molar-refractivity contribution is 9.10. The summed E-state index contributed by atoms with van der Waals surface area (Å²) in [4.78, 5) is 16.0. The molecule has 1 unspecified atom stereocenters. The molecule has 0 saturated heterocycles. The maximum absolute atomic E-state index is 11.9. The molecule has 0 aliphatic carbocycles. The molecule has 1 rings (SSSR count). The van der Waals surface area contributed by atoms with Gasteiger partial charge < -0.3 is 5.32 Å². The van der Waals surface area contributed by atoms with Gasteiger partial charge in [0.1, 0.15) is 4.60 Å². The minimum Gasteiger partial charge on any atom is -0.350 e. The van der Waals surface area contributed by atoms with Crippen molar-refractivity contribution in [3.05, 3.63) is 28.5 Å². The van der Waals surface area contributed by atoms with Crippen molar-refractivity contribution in [3.8, 4) is 0 Å². The van der Waals surface area contributed by atoms with Crippen LogP contribution >= 0.6 is 15.9 Å². The number of rotatable bonds is 6. The van der Waals surface area contributed by atoms with Crippen LogP contribution in [0.2, 0.25) is 0 Å². The lowest BCUT2D eigenvalue weighted by molar-refractivity contribution is 0.0936. The zero-order valence-corrected chi connectivity index (χ0v) is 12.0. The molecule has 0 spiro atoms. The van der Waals surface area contributed by atoms with Gasteiger partial charge in [-0.3, -0.25) is 4.79 Å². The molecule has 1 N–H and O–H groups in total. The lowest BCUT2D eigenvalue weighted by Crippen LogP contribution is -2.32. The number of hydrogen-bond acceptors (Lipinski definition) is 2. The van der Waals surface area contributed by atoms with E-state index in [1.165, 1.54) is 12.8 Å². The summed E-state index contributed by atoms with van der Waals surface area (Å²) in [5.41, 5.74) is 0.592. The Morgan fingerprint density at radius 3 is 2.94 bits per heavy atom. The second-order valence-corrected chi connectivity index (χ2v) is 4.96. The van der Waals surface area contributed by atoms with Crippen molar-refractivity contribution in [3.63, 3.8) is 0 Å². The Labute approximate surface area is 111 Å². The van der Waals surface area contributed by atoms with Crippen molar-refractivity contribution in [1.29, 1.82) is 0 Å². The van der Waals surface area contributed by atoms with Gasteiger partial charge in [0.25, 0.3) is 5.91 Å². The SMILES string of the molecule is CCCCCC(C)NC(=O)c1cccnc1Br. The van der Waals surface area contributed by atoms with E-state index in [0.29, 0.717) is 10.2 Å². The van der Waals surface area contributed by atoms with Crippen LogP contribution in [-0.2, 0) is 0 Å². The summed E-state index contributed by atoms with van der Waals surface area (Å²) < 4.78 is 0.596. The van der Waals surface area contributed by atoms with Crippen molar-refractivity contribution in [2.24, 2.45) is 0 Å². The Morgan fingerprint density at radius 1 is 1.53 bits per heavy atom. The van der Waals surface area contributed by atoms with E-state index in [1.807, 2.05) is 6.92 Å². The van der Waals surface area contributed by atoms with E-state index >= 15 is 0 Å². The minimum absolute atomic E-state index is 0.0611. The van der Waals surface area contributed by atoms with Crippen molar-refractivity contribution in [1.82, 2.24) is 10.3 Å². The third-order valence-electron chi connectivity index (χ3n) is 2.62. The summed E-state index contributed by atoms with van der Waals surface area (Å²) in [6.07, 6.45) is 6.26. The fourth-order valence-electron chi connectivity index (χ4n) is 1.63. The van der Waals surface area contributed by atoms with Crippen molar-refractivity contribution in [2.75, 3.05) is 0 Å². The van der Waals surface area contributed by atoms with Gasteiger partial charge in [-0.1, -0.05) is 26.2 Å². The Balaban J connectivity index is 2.46. The first-order valence-corrected chi connectivity index (χ1v) is 6.85. The van der Waals surface area contributed by atoms with Gasteiger partial charge >= 0.3 is 0 Å². The number of amides is 1. The smallest absolute Gasteiger partial charge is 0.254 e. The number of carbonyl (C=O) groups excluding carboxylic acids is 1. The Hall–Kier alpha value is -0.900. The average molecular weight is 299 g/mol. The van der Waals surface area contributed by atoms with Crippen LogP contribution in [0.15, 0.2) is 22.9 Å². The van der Waals surface area contributed by atoms with E-state index in [0.717, 1.165) is 12.8 Å². The zero-order valence-electron chi connectivity index (χ0n) is 10.4. The second kappa shape index (κ2) is 7.43. The van der Waals surface area contributed by atoms with Crippen molar-refractivity contribution < 1.29 is 4.79 Å². The number of halogens is 1. The Bertz CT molecular complexity index is 368. The first-order chi connectivity index (χ1) is 8.15. The maximum Gasteiger partial charge on any atom is 0.254 e. The quantitative estimate of drug-likeness (QED) is 0.645. The second-order valence-electron chi connectivity index (χ2n) is 4.21. The first-order valence-electron chi connectivity index (χ1n) is 6.06. The predicted molar refractivity (Wildman–Crippen MR) is 73.0 cm³/mol. The monoisotopic (exact) mass is 298 g/mol. The van der Waals surface area contributed by atoms with Crippen molar-refractivity contribution in [2.45, 2.75) is 45.6 Å². The number of aromatic nitrogens is 1. The van der Waals surface area contributed by atoms with E-state index < -0.39 is 0 Å². The highest BCUT2D eigenvalue weighted by atomic mass is 79.9. The molecule has 1 aromatic rings. The van der Waals surface area contributed by atoms with Gasteiger partial charge in [0, 0.05) is 12.2 Å². The first kappa shape index (κ1) is 14.2. The van der Waals surface area contributed by atoms with Crippen LogP contribution in [-0.4, -0.2) is 16.9 Å². The van der Waals surface area contributed by atoms with Crippen LogP contribution in [0.5, 0.6) is 0 Å². The van der Waals surface area contributed by atoms with Crippen LogP contribution in [0.25, 0.3) is 0 Å². The molecular formula is C13H19BrN2O. The molecular weight excluding hydrogens is 280 g/mol. The van der Waals surface area contributed by atoms with Gasteiger partial charge in [-0.25, -0.2) is 4.98 Å². The van der Waals surface area contributed by atoms with Gasteiger partial charge in [0.05, 0.1) is 5.56 Å². The molecule has 4 heteroatoms. The molecule has 1 aromatic heterocycles. The zero-order chi connectivity index (χ0) is 12.7. The Morgan fingerprint density at radius 2 is 2.29 bits per heavy atom. The van der Waals surface area contributed by atoms with Crippen LogP contribution in [0.3, 0.4) is 0 Å². The van der Waals surface area contributed by atoms with Crippen LogP contribution in [0.1, 0.15) is 49.9 Å². The molecule has 0 saturated carbocycles. The topological polar surface area (TPSA) is 42.0 Å². The maximum atomic E-state index is 11.9. The summed E-state index contributed by atoms with van der Waals surface area (Å²) in [6.45, 7) is 4.22. The molecule has 0 aliphatic rings. The summed E-state index contributed by atoms with van der Waals surface area (Å²) >= 11 is 3.28. The summed E-state index contributed by atoms with van der Waals surface area (Å²) in [5.74, 6) is -0.0611. The van der Waals surface area contributed by atoms with E-state index in [-0.39, 0.29) is 11.9 Å². The highest BCUT2D eigenvalue weighted by Gasteiger charge is 2.12. The molecule has 17 heavy (non-hydrogen) atoms. The third-order valence-corrected chi connectivity index (χ3v) is 3.25. The molecule has 1 atom stereocenters. The molecule has 1 heterocycles. The van der Waals surface area contributed by atoms with Gasteiger partial charge in [-0.05, 0) is 41.4 Å². The number of carbonyl (C=O) groups is 1. The van der Waals surface area contributed by atoms with Crippen molar-refractivity contribution >= 4 is 21.8 Å². The fraction of sp³-hybridized carbons (Fsp3) is 0.538. The van der Waals surface area contributed by atoms with E-state index in [2.05, 4.69) is 33.2 Å². The molecule has 0 aromatic carbocycles. The highest BCUT2D eigenvalue weighted by Crippen LogP contribution is 2.13. The summed E-state index contributed by atoms with van der Waals surface area (Å²) in [5, 5.41) is 2.99. The fourth-order valence-corrected chi connectivity index (χ4v) is 2.06. The normalized spacial score (nSPS) is 12.2. The standard InChI is InChI=1S/C13H19BrN2O/c1-3-4-5-7-10(2)16-13(17)11-8-6-9-15-12(11)14/h6,8-10H,3-5,7H2,1-2H3,(H,16,17). The Kier molecular flexibility index (Phi) is 6.19. The van der Waals surface area contributed by atoms with Gasteiger partial charge in [0.2, 0.25) is 0 Å². The van der Waals surface area contributed by atoms with Crippen LogP contribution in [0.4, 0.5) is 0 Å². The number of hydrogen-bond donors (Lipinski definition) is 1. The lowest BCUT2D eigenvalue weighted by Gasteiger charge is -2.13. The summed E-state index contributed by atoms with van der Waals surface area (Å²) in [6, 6.07) is 3.74. The molecule has 0 fully saturated rings. The molecule has 1 amide bonds.